The van der Waals surface area contributed by atoms with E-state index in [0.717, 1.165) is 17.6 Å². The van der Waals surface area contributed by atoms with Crippen molar-refractivity contribution in [1.82, 2.24) is 15.3 Å². The molecule has 2 aromatic rings. The van der Waals surface area contributed by atoms with Gasteiger partial charge in [-0.3, -0.25) is 9.97 Å². The predicted molar refractivity (Wildman–Crippen MR) is 70.8 cm³/mol. The Labute approximate surface area is 102 Å². The molecule has 2 rings (SSSR count). The number of benzene rings is 1. The molecule has 90 valence electrons. The summed E-state index contributed by atoms with van der Waals surface area (Å²) >= 11 is 0. The first-order chi connectivity index (χ1) is 8.22. The van der Waals surface area contributed by atoms with Gasteiger partial charge in [-0.15, -0.1) is 0 Å². The summed E-state index contributed by atoms with van der Waals surface area (Å²) in [5.41, 5.74) is 3.21. The summed E-state index contributed by atoms with van der Waals surface area (Å²) in [4.78, 5) is 8.64. The van der Waals surface area contributed by atoms with Crippen molar-refractivity contribution in [3.05, 3.63) is 36.2 Å². The zero-order valence-corrected chi connectivity index (χ0v) is 10.6. The van der Waals surface area contributed by atoms with Crippen LogP contribution < -0.4 is 5.32 Å². The average Bonchev–Trinajstić information content (AvgIpc) is 2.35. The van der Waals surface area contributed by atoms with Crippen LogP contribution in [0.3, 0.4) is 0 Å². The summed E-state index contributed by atoms with van der Waals surface area (Å²) in [7, 11) is 0. The van der Waals surface area contributed by atoms with Gasteiger partial charge in [0.15, 0.2) is 0 Å². The minimum Gasteiger partial charge on any atom is -0.310 e. The maximum atomic E-state index is 4.35. The molecule has 1 unspecified atom stereocenters. The third-order valence-electron chi connectivity index (χ3n) is 2.94. The average molecular weight is 229 g/mol. The van der Waals surface area contributed by atoms with Gasteiger partial charge in [0.05, 0.1) is 11.0 Å². The third kappa shape index (κ3) is 2.61. The maximum absolute atomic E-state index is 4.35. The number of rotatable bonds is 4. The summed E-state index contributed by atoms with van der Waals surface area (Å²) in [6.07, 6.45) is 3.47. The van der Waals surface area contributed by atoms with Gasteiger partial charge in [0.2, 0.25) is 0 Å². The molecule has 0 fully saturated rings. The minimum absolute atomic E-state index is 0.381. The normalized spacial score (nSPS) is 13.2. The van der Waals surface area contributed by atoms with E-state index in [1.54, 1.807) is 12.4 Å². The van der Waals surface area contributed by atoms with Gasteiger partial charge < -0.3 is 5.32 Å². The number of fused-ring (bicyclic) bond motifs is 1. The van der Waals surface area contributed by atoms with Crippen LogP contribution in [0.4, 0.5) is 0 Å². The molecule has 0 spiro atoms. The lowest BCUT2D eigenvalue weighted by atomic mass is 9.95. The van der Waals surface area contributed by atoms with Crippen LogP contribution in [0.25, 0.3) is 11.0 Å². The first-order valence-electron chi connectivity index (χ1n) is 6.16. The third-order valence-corrected chi connectivity index (χ3v) is 2.94. The zero-order valence-electron chi connectivity index (χ0n) is 10.6. The fourth-order valence-electron chi connectivity index (χ4n) is 2.13. The standard InChI is InChI=1S/C14H19N3/c1-4-15-14(10(2)3)11-5-6-12-13(9-11)17-8-7-16-12/h5-10,14-15H,4H2,1-3H3. The second-order valence-corrected chi connectivity index (χ2v) is 4.58. The van der Waals surface area contributed by atoms with E-state index in [4.69, 9.17) is 0 Å². The van der Waals surface area contributed by atoms with Crippen LogP contribution in [0.2, 0.25) is 0 Å². The lowest BCUT2D eigenvalue weighted by Crippen LogP contribution is -2.25. The molecule has 17 heavy (non-hydrogen) atoms. The van der Waals surface area contributed by atoms with E-state index in [1.807, 2.05) is 6.07 Å². The summed E-state index contributed by atoms with van der Waals surface area (Å²) in [5, 5.41) is 3.51. The highest BCUT2D eigenvalue weighted by molar-refractivity contribution is 5.74. The van der Waals surface area contributed by atoms with E-state index < -0.39 is 0 Å². The van der Waals surface area contributed by atoms with Gasteiger partial charge in [-0.05, 0) is 30.2 Å². The summed E-state index contributed by atoms with van der Waals surface area (Å²) in [6.45, 7) is 7.57. The molecule has 1 N–H and O–H groups in total. The van der Waals surface area contributed by atoms with Crippen LogP contribution in [-0.4, -0.2) is 16.5 Å². The molecule has 1 atom stereocenters. The van der Waals surface area contributed by atoms with Gasteiger partial charge in [-0.1, -0.05) is 26.8 Å². The minimum atomic E-state index is 0.381. The van der Waals surface area contributed by atoms with E-state index in [2.05, 4.69) is 48.2 Å². The fourth-order valence-corrected chi connectivity index (χ4v) is 2.13. The summed E-state index contributed by atoms with van der Waals surface area (Å²) < 4.78 is 0. The molecular formula is C14H19N3. The Morgan fingerprint density at radius 2 is 1.82 bits per heavy atom. The SMILES string of the molecule is CCNC(c1ccc2nccnc2c1)C(C)C. The smallest absolute Gasteiger partial charge is 0.0890 e. The zero-order chi connectivity index (χ0) is 12.3. The Morgan fingerprint density at radius 3 is 2.47 bits per heavy atom. The van der Waals surface area contributed by atoms with Crippen molar-refractivity contribution in [1.29, 1.82) is 0 Å². The highest BCUT2D eigenvalue weighted by Gasteiger charge is 2.14. The van der Waals surface area contributed by atoms with E-state index >= 15 is 0 Å². The second kappa shape index (κ2) is 5.23. The molecule has 0 saturated carbocycles. The Balaban J connectivity index is 2.40. The molecule has 0 saturated heterocycles. The van der Waals surface area contributed by atoms with Crippen LogP contribution in [0.5, 0.6) is 0 Å². The maximum Gasteiger partial charge on any atom is 0.0890 e. The second-order valence-electron chi connectivity index (χ2n) is 4.58. The largest absolute Gasteiger partial charge is 0.310 e. The van der Waals surface area contributed by atoms with Crippen molar-refractivity contribution in [3.8, 4) is 0 Å². The molecule has 0 aliphatic heterocycles. The van der Waals surface area contributed by atoms with Crippen LogP contribution in [0.15, 0.2) is 30.6 Å². The summed E-state index contributed by atoms with van der Waals surface area (Å²) in [5.74, 6) is 0.559. The Kier molecular flexibility index (Phi) is 3.69. The van der Waals surface area contributed by atoms with Crippen LogP contribution in [0.1, 0.15) is 32.4 Å². The summed E-state index contributed by atoms with van der Waals surface area (Å²) in [6, 6.07) is 6.70. The molecule has 0 radical (unpaired) electrons. The van der Waals surface area contributed by atoms with E-state index in [9.17, 15) is 0 Å². The number of hydrogen-bond acceptors (Lipinski definition) is 3. The molecule has 1 heterocycles. The molecule has 0 aliphatic carbocycles. The topological polar surface area (TPSA) is 37.8 Å². The van der Waals surface area contributed by atoms with Crippen molar-refractivity contribution >= 4 is 11.0 Å². The lowest BCUT2D eigenvalue weighted by molar-refractivity contribution is 0.422. The Morgan fingerprint density at radius 1 is 1.12 bits per heavy atom. The molecule has 1 aromatic heterocycles. The van der Waals surface area contributed by atoms with Gasteiger partial charge in [-0.25, -0.2) is 0 Å². The molecule has 3 heteroatoms. The number of aromatic nitrogens is 2. The number of nitrogens with one attached hydrogen (secondary N) is 1. The van der Waals surface area contributed by atoms with E-state index in [-0.39, 0.29) is 0 Å². The van der Waals surface area contributed by atoms with E-state index in [0.29, 0.717) is 12.0 Å². The Bertz CT molecular complexity index is 494. The van der Waals surface area contributed by atoms with E-state index in [1.165, 1.54) is 5.56 Å². The Hall–Kier alpha value is -1.48. The van der Waals surface area contributed by atoms with Gasteiger partial charge in [0, 0.05) is 18.4 Å². The van der Waals surface area contributed by atoms with Gasteiger partial charge in [0.1, 0.15) is 0 Å². The predicted octanol–water partition coefficient (Wildman–Crippen LogP) is 2.94. The van der Waals surface area contributed by atoms with Crippen LogP contribution in [-0.2, 0) is 0 Å². The number of nitrogens with zero attached hydrogens (tertiary/aromatic N) is 2. The van der Waals surface area contributed by atoms with Crippen molar-refractivity contribution in [2.75, 3.05) is 6.54 Å². The quantitative estimate of drug-likeness (QED) is 0.876. The monoisotopic (exact) mass is 229 g/mol. The van der Waals surface area contributed by atoms with Crippen molar-refractivity contribution in [2.24, 2.45) is 5.92 Å². The first-order valence-corrected chi connectivity index (χ1v) is 6.16. The molecule has 0 bridgehead atoms. The first kappa shape index (κ1) is 12.0. The van der Waals surface area contributed by atoms with Crippen molar-refractivity contribution in [3.63, 3.8) is 0 Å². The molecule has 0 amide bonds. The van der Waals surface area contributed by atoms with Crippen LogP contribution >= 0.6 is 0 Å². The van der Waals surface area contributed by atoms with Gasteiger partial charge >= 0.3 is 0 Å². The highest BCUT2D eigenvalue weighted by atomic mass is 14.9. The van der Waals surface area contributed by atoms with Crippen molar-refractivity contribution in [2.45, 2.75) is 26.8 Å². The van der Waals surface area contributed by atoms with Crippen molar-refractivity contribution < 1.29 is 0 Å². The lowest BCUT2D eigenvalue weighted by Gasteiger charge is -2.22. The molecule has 0 aliphatic rings. The fraction of sp³-hybridized carbons (Fsp3) is 0.429. The van der Waals surface area contributed by atoms with Gasteiger partial charge in [-0.2, -0.15) is 0 Å². The molecule has 3 nitrogen and oxygen atoms in total. The van der Waals surface area contributed by atoms with Gasteiger partial charge in [0.25, 0.3) is 0 Å². The molecular weight excluding hydrogens is 210 g/mol. The number of hydrogen-bond donors (Lipinski definition) is 1. The highest BCUT2D eigenvalue weighted by Crippen LogP contribution is 2.23. The molecule has 1 aromatic carbocycles. The van der Waals surface area contributed by atoms with Crippen LogP contribution in [0, 0.1) is 5.92 Å².